The third-order valence-corrected chi connectivity index (χ3v) is 8.55. The maximum absolute atomic E-state index is 12.5. The molecular weight excluding hydrogens is 558 g/mol. The van der Waals surface area contributed by atoms with Crippen molar-refractivity contribution in [3.8, 4) is 0 Å². The van der Waals surface area contributed by atoms with Gasteiger partial charge >= 0.3 is 11.9 Å². The highest BCUT2D eigenvalue weighted by molar-refractivity contribution is 5.72. The number of H-pyrrole nitrogens is 1. The summed E-state index contributed by atoms with van der Waals surface area (Å²) in [6, 6.07) is 0. The van der Waals surface area contributed by atoms with Crippen LogP contribution in [0, 0.1) is 17.8 Å². The Kier molecular flexibility index (Phi) is 18.4. The molecule has 2 aromatic heterocycles. The third kappa shape index (κ3) is 14.7. The van der Waals surface area contributed by atoms with Gasteiger partial charge in [-0.25, -0.2) is 4.98 Å². The Labute approximate surface area is 264 Å². The number of fused-ring (bicyclic) bond motifs is 1. The van der Waals surface area contributed by atoms with Crippen molar-refractivity contribution < 1.29 is 19.1 Å². The number of aromatic nitrogens is 4. The lowest BCUT2D eigenvalue weighted by atomic mass is 9.98. The second-order valence-corrected chi connectivity index (χ2v) is 12.8. The smallest absolute Gasteiger partial charge is 0.308 e. The van der Waals surface area contributed by atoms with Crippen molar-refractivity contribution in [3.05, 3.63) is 16.7 Å². The molecule has 0 fully saturated rings. The highest BCUT2D eigenvalue weighted by atomic mass is 16.5. The van der Waals surface area contributed by atoms with E-state index in [0.29, 0.717) is 25.0 Å². The number of carbonyl (C=O) groups is 2. The van der Waals surface area contributed by atoms with Gasteiger partial charge in [0.2, 0.25) is 5.95 Å². The first kappa shape index (κ1) is 37.3. The van der Waals surface area contributed by atoms with Crippen molar-refractivity contribution >= 4 is 29.1 Å². The number of nitrogens with two attached hydrogens (primary N) is 1. The lowest BCUT2D eigenvalue weighted by Crippen LogP contribution is -2.24. The molecule has 0 aromatic carbocycles. The minimum atomic E-state index is -0.408. The molecule has 2 rings (SSSR count). The maximum atomic E-state index is 12.5. The minimum Gasteiger partial charge on any atom is -0.465 e. The highest BCUT2D eigenvalue weighted by Gasteiger charge is 2.21. The van der Waals surface area contributed by atoms with E-state index in [1.54, 1.807) is 4.57 Å². The third-order valence-electron chi connectivity index (χ3n) is 8.55. The topological polar surface area (TPSA) is 142 Å². The first-order valence-corrected chi connectivity index (χ1v) is 17.3. The Morgan fingerprint density at radius 3 is 2.02 bits per heavy atom. The molecular formula is C34H59N5O5. The molecule has 3 N–H and O–H groups in total. The van der Waals surface area contributed by atoms with Crippen molar-refractivity contribution in [2.75, 3.05) is 18.9 Å². The summed E-state index contributed by atoms with van der Waals surface area (Å²) in [6.45, 7) is 8.85. The van der Waals surface area contributed by atoms with Crippen molar-refractivity contribution in [2.45, 2.75) is 143 Å². The molecule has 0 aliphatic rings. The fraction of sp³-hybridized carbons (Fsp3) is 0.794. The van der Waals surface area contributed by atoms with Crippen molar-refractivity contribution in [2.24, 2.45) is 17.8 Å². The van der Waals surface area contributed by atoms with Gasteiger partial charge in [-0.3, -0.25) is 19.4 Å². The summed E-state index contributed by atoms with van der Waals surface area (Å²) < 4.78 is 12.9. The number of esters is 2. The number of ether oxygens (including phenoxy) is 2. The van der Waals surface area contributed by atoms with E-state index in [1.807, 2.05) is 20.8 Å². The van der Waals surface area contributed by atoms with Crippen LogP contribution in [0.1, 0.15) is 137 Å². The van der Waals surface area contributed by atoms with Crippen LogP contribution in [0.15, 0.2) is 11.1 Å². The zero-order valence-corrected chi connectivity index (χ0v) is 27.9. The number of nitrogens with zero attached hydrogens (tertiary/aromatic N) is 3. The van der Waals surface area contributed by atoms with Gasteiger partial charge in [0.15, 0.2) is 11.2 Å². The number of aromatic amines is 1. The monoisotopic (exact) mass is 617 g/mol. The number of hydrogen-bond donors (Lipinski definition) is 2. The van der Waals surface area contributed by atoms with E-state index >= 15 is 0 Å². The quantitative estimate of drug-likeness (QED) is 0.0870. The molecule has 0 bridgehead atoms. The first-order chi connectivity index (χ1) is 21.2. The molecule has 10 heteroatoms. The zero-order valence-electron chi connectivity index (χ0n) is 27.9. The Morgan fingerprint density at radius 1 is 0.886 bits per heavy atom. The van der Waals surface area contributed by atoms with Gasteiger partial charge in [-0.15, -0.1) is 0 Å². The molecule has 2 heterocycles. The van der Waals surface area contributed by atoms with E-state index in [2.05, 4.69) is 21.9 Å². The Hall–Kier alpha value is -2.91. The standard InChI is InChI=1S/C34H59N5O5/c1-5-6-7-8-9-10-11-12-13-14-15-16-17-18-19-20-29(40)44-24-28(21-22-43-33(42)27(4)26(2)3)23-39-25-36-30-31(39)37-34(35)38-32(30)41/h25-28H,5-24H2,1-4H3,(H3,35,37,38,41). The summed E-state index contributed by atoms with van der Waals surface area (Å²) in [5.74, 6) is -0.625. The van der Waals surface area contributed by atoms with Crippen LogP contribution < -0.4 is 11.3 Å². The number of imidazole rings is 1. The Morgan fingerprint density at radius 2 is 1.45 bits per heavy atom. The average Bonchev–Trinajstić information content (AvgIpc) is 3.39. The predicted octanol–water partition coefficient (Wildman–Crippen LogP) is 7.35. The average molecular weight is 618 g/mol. The fourth-order valence-electron chi connectivity index (χ4n) is 5.26. The van der Waals surface area contributed by atoms with Crippen molar-refractivity contribution in [1.82, 2.24) is 19.5 Å². The van der Waals surface area contributed by atoms with Crippen LogP contribution in [0.3, 0.4) is 0 Å². The molecule has 0 radical (unpaired) electrons. The van der Waals surface area contributed by atoms with Crippen LogP contribution in [0.4, 0.5) is 5.95 Å². The summed E-state index contributed by atoms with van der Waals surface area (Å²) in [5.41, 5.74) is 5.90. The number of nitrogens with one attached hydrogen (secondary N) is 1. The number of carbonyl (C=O) groups excluding carboxylic acids is 2. The van der Waals surface area contributed by atoms with Gasteiger partial charge in [0.25, 0.3) is 5.56 Å². The lowest BCUT2D eigenvalue weighted by Gasteiger charge is -2.19. The molecule has 0 spiro atoms. The maximum Gasteiger partial charge on any atom is 0.308 e. The molecule has 44 heavy (non-hydrogen) atoms. The summed E-state index contributed by atoms with van der Waals surface area (Å²) in [4.78, 5) is 47.9. The largest absolute Gasteiger partial charge is 0.465 e. The van der Waals surface area contributed by atoms with Crippen molar-refractivity contribution in [3.63, 3.8) is 0 Å². The number of unbranched alkanes of at least 4 members (excludes halogenated alkanes) is 14. The summed E-state index contributed by atoms with van der Waals surface area (Å²) >= 11 is 0. The van der Waals surface area contributed by atoms with Crippen molar-refractivity contribution in [1.29, 1.82) is 0 Å². The number of hydrogen-bond acceptors (Lipinski definition) is 8. The molecule has 0 aliphatic carbocycles. The van der Waals surface area contributed by atoms with Crippen LogP contribution in [-0.2, 0) is 25.6 Å². The van der Waals surface area contributed by atoms with E-state index in [9.17, 15) is 14.4 Å². The second kappa shape index (κ2) is 21.7. The van der Waals surface area contributed by atoms with Crippen LogP contribution >= 0.6 is 0 Å². The number of nitrogen functional groups attached to an aromatic ring is 1. The van der Waals surface area contributed by atoms with Gasteiger partial charge in [0, 0.05) is 18.9 Å². The zero-order chi connectivity index (χ0) is 32.2. The first-order valence-electron chi connectivity index (χ1n) is 17.3. The molecule has 0 amide bonds. The number of anilines is 1. The van der Waals surface area contributed by atoms with Crippen LogP contribution in [0.2, 0.25) is 0 Å². The molecule has 0 aliphatic heterocycles. The molecule has 0 saturated carbocycles. The van der Waals surface area contributed by atoms with Crippen LogP contribution in [0.5, 0.6) is 0 Å². The predicted molar refractivity (Wildman–Crippen MR) is 176 cm³/mol. The molecule has 2 aromatic rings. The van der Waals surface area contributed by atoms with Crippen LogP contribution in [-0.4, -0.2) is 44.7 Å². The van der Waals surface area contributed by atoms with E-state index in [-0.39, 0.29) is 54.4 Å². The van der Waals surface area contributed by atoms with Gasteiger partial charge < -0.3 is 19.8 Å². The molecule has 2 atom stereocenters. The van der Waals surface area contributed by atoms with E-state index in [0.717, 1.165) is 19.3 Å². The Balaban J connectivity index is 1.69. The van der Waals surface area contributed by atoms with Crippen LogP contribution in [0.25, 0.3) is 11.2 Å². The SMILES string of the molecule is CCCCCCCCCCCCCCCCCC(=O)OCC(CCOC(=O)C(C)C(C)C)Cn1cnc2c(=O)[nH]c(N)nc21. The van der Waals surface area contributed by atoms with Gasteiger partial charge in [-0.2, -0.15) is 4.98 Å². The van der Waals surface area contributed by atoms with E-state index < -0.39 is 5.56 Å². The molecule has 2 unspecified atom stereocenters. The van der Waals surface area contributed by atoms with E-state index in [1.165, 1.54) is 83.4 Å². The normalized spacial score (nSPS) is 12.9. The molecule has 10 nitrogen and oxygen atoms in total. The summed E-state index contributed by atoms with van der Waals surface area (Å²) in [7, 11) is 0. The van der Waals surface area contributed by atoms with E-state index in [4.69, 9.17) is 15.2 Å². The molecule has 250 valence electrons. The summed E-state index contributed by atoms with van der Waals surface area (Å²) in [6.07, 6.45) is 21.6. The summed E-state index contributed by atoms with van der Waals surface area (Å²) in [5, 5.41) is 0. The lowest BCUT2D eigenvalue weighted by molar-refractivity contribution is -0.151. The van der Waals surface area contributed by atoms with Gasteiger partial charge in [-0.1, -0.05) is 118 Å². The minimum absolute atomic E-state index is 0.00679. The van der Waals surface area contributed by atoms with Gasteiger partial charge in [-0.05, 0) is 18.8 Å². The number of rotatable bonds is 25. The fourth-order valence-corrected chi connectivity index (χ4v) is 5.26. The van der Waals surface area contributed by atoms with Gasteiger partial charge in [0.05, 0.1) is 25.5 Å². The van der Waals surface area contributed by atoms with Gasteiger partial charge in [0.1, 0.15) is 0 Å². The molecule has 0 saturated heterocycles. The Bertz CT molecular complexity index is 1140. The highest BCUT2D eigenvalue weighted by Crippen LogP contribution is 2.17. The second-order valence-electron chi connectivity index (χ2n) is 12.8.